The number of phosphoric acid groups is 1. The molecule has 0 unspecified atom stereocenters. The second-order valence-electron chi connectivity index (χ2n) is 0.513. The van der Waals surface area contributed by atoms with Gasteiger partial charge in [-0.3, -0.25) is 0 Å². The van der Waals surface area contributed by atoms with Crippen LogP contribution < -0.4 is 0 Å². The van der Waals surface area contributed by atoms with Gasteiger partial charge >= 0.3 is 7.82 Å². The normalized spacial score (nSPS) is 5.90. The van der Waals surface area contributed by atoms with Crippen LogP contribution in [0.2, 0.25) is 0 Å². The predicted molar refractivity (Wildman–Crippen MR) is 28.7 cm³/mol. The zero-order valence-electron chi connectivity index (χ0n) is 4.58. The zero-order chi connectivity index (χ0) is 4.50. The van der Waals surface area contributed by atoms with E-state index in [1.807, 2.05) is 0 Å². The van der Waals surface area contributed by atoms with Crippen molar-refractivity contribution in [3.63, 3.8) is 0 Å². The molecule has 10 heteroatoms. The van der Waals surface area contributed by atoms with E-state index in [9.17, 15) is 0 Å². The Labute approximate surface area is 66.8 Å². The maximum Gasteiger partial charge on any atom is 0.466 e. The second kappa shape index (κ2) is 16.2. The van der Waals surface area contributed by atoms with E-state index in [1.165, 1.54) is 0 Å². The third-order valence-corrected chi connectivity index (χ3v) is 0. The summed E-state index contributed by atoms with van der Waals surface area (Å²) in [4.78, 5) is 21.6. The fourth-order valence-electron chi connectivity index (χ4n) is 0. The number of hydrogen-bond acceptors (Lipinski definition) is 1. The number of rotatable bonds is 0. The van der Waals surface area contributed by atoms with Crippen LogP contribution in [0.1, 0.15) is 0 Å². The van der Waals surface area contributed by atoms with Crippen molar-refractivity contribution in [1.82, 2.24) is 0 Å². The molecular weight excluding hydrogens is 214 g/mol. The van der Waals surface area contributed by atoms with Crippen molar-refractivity contribution in [2.75, 3.05) is 0 Å². The molecule has 11 N–H and O–H groups in total. The summed E-state index contributed by atoms with van der Waals surface area (Å²) in [5.41, 5.74) is 0. The maximum absolute atomic E-state index is 8.88. The summed E-state index contributed by atoms with van der Waals surface area (Å²) in [6.45, 7) is 0. The fraction of sp³-hybridized carbons (Fsp3) is 0. The molecule has 0 aliphatic rings. The minimum atomic E-state index is -4.64. The van der Waals surface area contributed by atoms with Crippen molar-refractivity contribution in [1.29, 1.82) is 0 Å². The first-order valence-electron chi connectivity index (χ1n) is 0.783. The largest absolute Gasteiger partial charge is 0.466 e. The van der Waals surface area contributed by atoms with E-state index in [-0.39, 0.29) is 39.0 Å². The zero-order valence-corrected chi connectivity index (χ0v) is 6.65. The molecule has 8 nitrogen and oxygen atoms in total. The molecule has 0 amide bonds. The average molecular weight is 225 g/mol. The van der Waals surface area contributed by atoms with Crippen LogP contribution in [0.4, 0.5) is 0 Å². The fourth-order valence-corrected chi connectivity index (χ4v) is 0. The van der Waals surface area contributed by atoms with Crippen molar-refractivity contribution in [3.05, 3.63) is 0 Å². The first-order chi connectivity index (χ1) is 2.00. The summed E-state index contributed by atoms with van der Waals surface area (Å²) in [6.07, 6.45) is 0. The van der Waals surface area contributed by atoms with Gasteiger partial charge in [0.15, 0.2) is 0 Å². The molecule has 0 saturated heterocycles. The van der Waals surface area contributed by atoms with Crippen LogP contribution in [0, 0.1) is 0 Å². The molecule has 0 aliphatic heterocycles. The van der Waals surface area contributed by atoms with Crippen molar-refractivity contribution >= 4 is 7.82 Å². The van der Waals surface area contributed by atoms with E-state index in [2.05, 4.69) is 0 Å². The van der Waals surface area contributed by atoms with Crippen LogP contribution >= 0.6 is 7.82 Å². The molecule has 0 saturated carbocycles. The predicted octanol–water partition coefficient (Wildman–Crippen LogP) is -4.23. The van der Waals surface area contributed by atoms with Crippen LogP contribution in [-0.4, -0.2) is 36.6 Å². The monoisotopic (exact) mass is 225 g/mol. The molecule has 0 fully saturated rings. The summed E-state index contributed by atoms with van der Waals surface area (Å²) >= 11 is 0. The molecule has 71 valence electrons. The standard InChI is InChI=1S/Mn.H3O4P.4H2O/c;1-5(2,3)4;;;;/h;(H3,1,2,3,4);4*1H2. The van der Waals surface area contributed by atoms with Gasteiger partial charge in [-0.2, -0.15) is 0 Å². The number of hydrogen-bond donors (Lipinski definition) is 3. The smallest absolute Gasteiger partial charge is 0.412 e. The van der Waals surface area contributed by atoms with E-state index >= 15 is 0 Å². The minimum absolute atomic E-state index is 0. The Bertz CT molecular complexity index is 55.4. The molecule has 0 bridgehead atoms. The van der Waals surface area contributed by atoms with Crippen LogP contribution in [0.5, 0.6) is 0 Å². The van der Waals surface area contributed by atoms with Crippen molar-refractivity contribution in [3.8, 4) is 0 Å². The van der Waals surface area contributed by atoms with E-state index in [0.29, 0.717) is 0 Å². The van der Waals surface area contributed by atoms with Crippen molar-refractivity contribution in [2.24, 2.45) is 0 Å². The van der Waals surface area contributed by atoms with Gasteiger partial charge in [-0.25, -0.2) is 4.57 Å². The molecule has 0 atom stereocenters. The molecule has 0 aromatic heterocycles. The van der Waals surface area contributed by atoms with E-state index < -0.39 is 7.82 Å². The van der Waals surface area contributed by atoms with Crippen molar-refractivity contribution in [2.45, 2.75) is 0 Å². The molecule has 1 radical (unpaired) electrons. The molecule has 0 spiro atoms. The summed E-state index contributed by atoms with van der Waals surface area (Å²) < 4.78 is 8.88. The summed E-state index contributed by atoms with van der Waals surface area (Å²) in [6, 6.07) is 0. The van der Waals surface area contributed by atoms with Crippen LogP contribution in [0.15, 0.2) is 0 Å². The summed E-state index contributed by atoms with van der Waals surface area (Å²) in [7, 11) is -4.64. The Morgan fingerprint density at radius 3 is 0.800 bits per heavy atom. The Morgan fingerprint density at radius 2 is 0.800 bits per heavy atom. The molecule has 0 rings (SSSR count). The molecule has 0 aromatic rings. The Morgan fingerprint density at radius 1 is 0.800 bits per heavy atom. The first-order valence-corrected chi connectivity index (χ1v) is 2.35. The third kappa shape index (κ3) is 2140. The molecular formula is H11MnO8P. The Kier molecular flexibility index (Phi) is 76.3. The topological polar surface area (TPSA) is 204 Å². The van der Waals surface area contributed by atoms with Gasteiger partial charge in [-0.05, 0) is 0 Å². The second-order valence-corrected chi connectivity index (χ2v) is 1.54. The summed E-state index contributed by atoms with van der Waals surface area (Å²) in [5, 5.41) is 0. The van der Waals surface area contributed by atoms with Gasteiger partial charge in [0.2, 0.25) is 0 Å². The molecule has 0 aromatic carbocycles. The third-order valence-electron chi connectivity index (χ3n) is 0. The Hall–Kier alpha value is 0.469. The van der Waals surface area contributed by atoms with Gasteiger partial charge in [0.25, 0.3) is 0 Å². The Balaban J connectivity index is -0.00000000800. The van der Waals surface area contributed by atoms with Crippen LogP contribution in [-0.2, 0) is 21.6 Å². The maximum atomic E-state index is 8.88. The SMILES string of the molecule is O.O.O.O.O=P(O)(O)O.[Mn]. The van der Waals surface area contributed by atoms with E-state index in [1.54, 1.807) is 0 Å². The van der Waals surface area contributed by atoms with Gasteiger partial charge in [0.05, 0.1) is 0 Å². The van der Waals surface area contributed by atoms with Crippen LogP contribution in [0.3, 0.4) is 0 Å². The summed E-state index contributed by atoms with van der Waals surface area (Å²) in [5.74, 6) is 0. The first kappa shape index (κ1) is 47.0. The van der Waals surface area contributed by atoms with E-state index in [4.69, 9.17) is 19.2 Å². The van der Waals surface area contributed by atoms with Crippen LogP contribution in [0.25, 0.3) is 0 Å². The molecule has 0 aliphatic carbocycles. The molecule has 0 heterocycles. The van der Waals surface area contributed by atoms with Crippen molar-refractivity contribution < 1.29 is 58.2 Å². The molecule has 10 heavy (non-hydrogen) atoms. The quantitative estimate of drug-likeness (QED) is 0.276. The van der Waals surface area contributed by atoms with Gasteiger partial charge in [0.1, 0.15) is 0 Å². The minimum Gasteiger partial charge on any atom is -0.412 e. The van der Waals surface area contributed by atoms with Gasteiger partial charge in [0, 0.05) is 17.1 Å². The van der Waals surface area contributed by atoms with Gasteiger partial charge < -0.3 is 36.6 Å². The van der Waals surface area contributed by atoms with Gasteiger partial charge in [-0.15, -0.1) is 0 Å². The average Bonchev–Trinajstić information content (AvgIpc) is 0.722. The van der Waals surface area contributed by atoms with E-state index in [0.717, 1.165) is 0 Å². The van der Waals surface area contributed by atoms with Gasteiger partial charge in [-0.1, -0.05) is 0 Å².